The van der Waals surface area contributed by atoms with Gasteiger partial charge in [-0.25, -0.2) is 0 Å². The summed E-state index contributed by atoms with van der Waals surface area (Å²) < 4.78 is 34.0. The number of nitrogens with zero attached hydrogens (tertiary/aromatic N) is 1. The predicted octanol–water partition coefficient (Wildman–Crippen LogP) is 4.59. The van der Waals surface area contributed by atoms with Crippen LogP contribution in [0, 0.1) is 6.92 Å². The maximum absolute atomic E-state index is 12.7. The SMILES string of the molecule is CCOP(=O)(CCc1nccc(-c2cc(OC)c(O)c(OC)c2)c1C)OCC. The Hall–Kier alpha value is -2.08. The monoisotopic (exact) mass is 409 g/mol. The lowest BCUT2D eigenvalue weighted by atomic mass is 9.98. The van der Waals surface area contributed by atoms with Crippen molar-refractivity contribution in [1.29, 1.82) is 0 Å². The minimum Gasteiger partial charge on any atom is -0.502 e. The van der Waals surface area contributed by atoms with Crippen molar-refractivity contribution < 1.29 is 28.2 Å². The van der Waals surface area contributed by atoms with Gasteiger partial charge in [-0.3, -0.25) is 9.55 Å². The standard InChI is InChI=1S/C20H28NO6P/c1-6-26-28(23,27-7-2)11-9-17-14(3)16(8-10-21-17)15-12-18(24-4)20(22)19(13-15)25-5/h8,10,12-13,22H,6-7,9,11H2,1-5H3. The van der Waals surface area contributed by atoms with E-state index in [2.05, 4.69) is 4.98 Å². The van der Waals surface area contributed by atoms with Gasteiger partial charge in [0.15, 0.2) is 11.5 Å². The first-order chi connectivity index (χ1) is 13.4. The molecule has 154 valence electrons. The van der Waals surface area contributed by atoms with Crippen LogP contribution in [0.3, 0.4) is 0 Å². The number of hydrogen-bond acceptors (Lipinski definition) is 7. The highest BCUT2D eigenvalue weighted by molar-refractivity contribution is 7.53. The van der Waals surface area contributed by atoms with Crippen molar-refractivity contribution in [3.8, 4) is 28.4 Å². The molecule has 1 aromatic heterocycles. The van der Waals surface area contributed by atoms with Crippen LogP contribution in [0.15, 0.2) is 24.4 Å². The highest BCUT2D eigenvalue weighted by Crippen LogP contribution is 2.48. The van der Waals surface area contributed by atoms with E-state index in [1.807, 2.05) is 13.0 Å². The van der Waals surface area contributed by atoms with Crippen LogP contribution < -0.4 is 9.47 Å². The van der Waals surface area contributed by atoms with E-state index in [1.165, 1.54) is 14.2 Å². The molecule has 8 heteroatoms. The minimum atomic E-state index is -3.14. The lowest BCUT2D eigenvalue weighted by molar-refractivity contribution is 0.220. The van der Waals surface area contributed by atoms with E-state index in [0.717, 1.165) is 22.4 Å². The summed E-state index contributed by atoms with van der Waals surface area (Å²) in [6.45, 7) is 6.20. The van der Waals surface area contributed by atoms with E-state index in [9.17, 15) is 9.67 Å². The third kappa shape index (κ3) is 5.04. The Bertz CT molecular complexity index is 820. The summed E-state index contributed by atoms with van der Waals surface area (Å²) in [7, 11) is -0.160. The van der Waals surface area contributed by atoms with E-state index in [4.69, 9.17) is 18.5 Å². The number of aryl methyl sites for hydroxylation is 1. The summed E-state index contributed by atoms with van der Waals surface area (Å²) in [5.74, 6) is 0.601. The van der Waals surface area contributed by atoms with Gasteiger partial charge in [0.2, 0.25) is 5.75 Å². The van der Waals surface area contributed by atoms with Gasteiger partial charge in [-0.2, -0.15) is 0 Å². The number of aromatic nitrogens is 1. The number of ether oxygens (including phenoxy) is 2. The van der Waals surface area contributed by atoms with E-state index in [1.54, 1.807) is 32.2 Å². The molecular formula is C20H28NO6P. The summed E-state index contributed by atoms with van der Waals surface area (Å²) in [5, 5.41) is 10.1. The molecule has 1 N–H and O–H groups in total. The highest BCUT2D eigenvalue weighted by Gasteiger charge is 2.24. The van der Waals surface area contributed by atoms with Gasteiger partial charge in [-0.15, -0.1) is 0 Å². The molecule has 0 aliphatic carbocycles. The molecule has 0 aliphatic heterocycles. The smallest absolute Gasteiger partial charge is 0.331 e. The van der Waals surface area contributed by atoms with Gasteiger partial charge in [0.05, 0.1) is 33.6 Å². The van der Waals surface area contributed by atoms with Crippen LogP contribution >= 0.6 is 7.60 Å². The van der Waals surface area contributed by atoms with Gasteiger partial charge >= 0.3 is 7.60 Å². The fraction of sp³-hybridized carbons (Fsp3) is 0.450. The molecule has 28 heavy (non-hydrogen) atoms. The molecule has 7 nitrogen and oxygen atoms in total. The average molecular weight is 409 g/mol. The Labute approximate surface area is 166 Å². The van der Waals surface area contributed by atoms with Gasteiger partial charge < -0.3 is 23.6 Å². The second-order valence-corrected chi connectivity index (χ2v) is 8.27. The molecule has 0 unspecified atom stereocenters. The van der Waals surface area contributed by atoms with Crippen molar-refractivity contribution in [2.75, 3.05) is 33.6 Å². The van der Waals surface area contributed by atoms with Gasteiger partial charge in [0, 0.05) is 18.3 Å². The lowest BCUT2D eigenvalue weighted by Gasteiger charge is -2.18. The van der Waals surface area contributed by atoms with Crippen LogP contribution in [0.5, 0.6) is 17.2 Å². The minimum absolute atomic E-state index is 0.0463. The van der Waals surface area contributed by atoms with E-state index in [-0.39, 0.29) is 11.9 Å². The predicted molar refractivity (Wildman–Crippen MR) is 109 cm³/mol. The van der Waals surface area contributed by atoms with Crippen LogP contribution in [-0.2, 0) is 20.0 Å². The zero-order valence-corrected chi connectivity index (χ0v) is 17.9. The zero-order chi connectivity index (χ0) is 20.7. The number of phenolic OH excluding ortho intramolecular Hbond substituents is 1. The maximum Gasteiger partial charge on any atom is 0.331 e. The largest absolute Gasteiger partial charge is 0.502 e. The van der Waals surface area contributed by atoms with E-state index in [0.29, 0.717) is 31.1 Å². The van der Waals surface area contributed by atoms with Crippen molar-refractivity contribution in [1.82, 2.24) is 4.98 Å². The Kier molecular flexibility index (Phi) is 7.87. The maximum atomic E-state index is 12.7. The number of phenols is 1. The van der Waals surface area contributed by atoms with Crippen molar-refractivity contribution in [2.45, 2.75) is 27.2 Å². The Morgan fingerprint density at radius 3 is 2.14 bits per heavy atom. The van der Waals surface area contributed by atoms with Gasteiger partial charge in [-0.1, -0.05) is 0 Å². The number of benzene rings is 1. The molecular weight excluding hydrogens is 381 g/mol. The number of aromatic hydroxyl groups is 1. The normalized spacial score (nSPS) is 11.5. The fourth-order valence-corrected chi connectivity index (χ4v) is 4.60. The van der Waals surface area contributed by atoms with Crippen LogP contribution in [0.4, 0.5) is 0 Å². The average Bonchev–Trinajstić information content (AvgIpc) is 2.68. The fourth-order valence-electron chi connectivity index (χ4n) is 3.00. The number of methoxy groups -OCH3 is 2. The molecule has 0 aliphatic rings. The first-order valence-electron chi connectivity index (χ1n) is 9.17. The van der Waals surface area contributed by atoms with Gasteiger partial charge in [0.1, 0.15) is 0 Å². The van der Waals surface area contributed by atoms with Crippen molar-refractivity contribution in [3.05, 3.63) is 35.7 Å². The molecule has 2 rings (SSSR count). The molecule has 0 atom stereocenters. The number of hydrogen-bond donors (Lipinski definition) is 1. The molecule has 0 saturated heterocycles. The summed E-state index contributed by atoms with van der Waals surface area (Å²) in [6.07, 6.45) is 2.42. The zero-order valence-electron chi connectivity index (χ0n) is 17.0. The van der Waals surface area contributed by atoms with Crippen LogP contribution in [0.2, 0.25) is 0 Å². The molecule has 1 heterocycles. The summed E-state index contributed by atoms with van der Waals surface area (Å²) in [6, 6.07) is 5.37. The Morgan fingerprint density at radius 1 is 1.07 bits per heavy atom. The first-order valence-corrected chi connectivity index (χ1v) is 10.9. The molecule has 0 amide bonds. The first kappa shape index (κ1) is 22.2. The number of pyridine rings is 1. The van der Waals surface area contributed by atoms with Crippen molar-refractivity contribution in [2.24, 2.45) is 0 Å². The summed E-state index contributed by atoms with van der Waals surface area (Å²) >= 11 is 0. The van der Waals surface area contributed by atoms with Crippen LogP contribution in [-0.4, -0.2) is 43.7 Å². The Morgan fingerprint density at radius 2 is 1.64 bits per heavy atom. The molecule has 0 fully saturated rings. The van der Waals surface area contributed by atoms with Crippen LogP contribution in [0.1, 0.15) is 25.1 Å². The molecule has 2 aromatic rings. The Balaban J connectivity index is 2.37. The molecule has 0 spiro atoms. The van der Waals surface area contributed by atoms with Crippen LogP contribution in [0.25, 0.3) is 11.1 Å². The lowest BCUT2D eigenvalue weighted by Crippen LogP contribution is -2.05. The molecule has 0 bridgehead atoms. The summed E-state index contributed by atoms with van der Waals surface area (Å²) in [5.41, 5.74) is 3.50. The third-order valence-electron chi connectivity index (χ3n) is 4.37. The highest BCUT2D eigenvalue weighted by atomic mass is 31.2. The molecule has 1 aromatic carbocycles. The van der Waals surface area contributed by atoms with Gasteiger partial charge in [-0.05, 0) is 55.7 Å². The summed E-state index contributed by atoms with van der Waals surface area (Å²) in [4.78, 5) is 4.45. The second-order valence-electron chi connectivity index (χ2n) is 6.08. The third-order valence-corrected chi connectivity index (χ3v) is 6.45. The van der Waals surface area contributed by atoms with Crippen molar-refractivity contribution >= 4 is 7.60 Å². The van der Waals surface area contributed by atoms with Crippen molar-refractivity contribution in [3.63, 3.8) is 0 Å². The topological polar surface area (TPSA) is 87.1 Å². The molecule has 0 radical (unpaired) electrons. The van der Waals surface area contributed by atoms with Gasteiger partial charge in [0.25, 0.3) is 0 Å². The quantitative estimate of drug-likeness (QED) is 0.574. The van der Waals surface area contributed by atoms with E-state index < -0.39 is 7.60 Å². The second kappa shape index (κ2) is 9.92. The van der Waals surface area contributed by atoms with E-state index >= 15 is 0 Å². The molecule has 0 saturated carbocycles. The number of rotatable bonds is 10.